The quantitative estimate of drug-likeness (QED) is 0.858. The summed E-state index contributed by atoms with van der Waals surface area (Å²) in [5.74, 6) is 0.927. The van der Waals surface area contributed by atoms with Gasteiger partial charge in [-0.2, -0.15) is 0 Å². The van der Waals surface area contributed by atoms with Gasteiger partial charge in [0.1, 0.15) is 0 Å². The van der Waals surface area contributed by atoms with E-state index in [9.17, 15) is 0 Å². The molecule has 118 valence electrons. The molecule has 1 N–H and O–H groups in total. The third-order valence-corrected chi connectivity index (χ3v) is 5.06. The number of morpholine rings is 1. The van der Waals surface area contributed by atoms with Crippen LogP contribution < -0.4 is 5.32 Å². The van der Waals surface area contributed by atoms with E-state index in [0.717, 1.165) is 19.0 Å². The van der Waals surface area contributed by atoms with Crippen molar-refractivity contribution in [2.45, 2.75) is 83.6 Å². The highest BCUT2D eigenvalue weighted by atomic mass is 16.5. The normalized spacial score (nSPS) is 38.9. The fraction of sp³-hybridized carbons (Fsp3) is 1.00. The van der Waals surface area contributed by atoms with E-state index in [0.29, 0.717) is 18.2 Å². The third-order valence-electron chi connectivity index (χ3n) is 5.06. The van der Waals surface area contributed by atoms with Crippen molar-refractivity contribution in [3.05, 3.63) is 0 Å². The summed E-state index contributed by atoms with van der Waals surface area (Å²) in [5.41, 5.74) is -0.00629. The van der Waals surface area contributed by atoms with Crippen LogP contribution in [0.5, 0.6) is 0 Å². The molecule has 2 fully saturated rings. The van der Waals surface area contributed by atoms with Gasteiger partial charge in [0.25, 0.3) is 0 Å². The third kappa shape index (κ3) is 3.96. The summed E-state index contributed by atoms with van der Waals surface area (Å²) < 4.78 is 6.08. The Labute approximate surface area is 125 Å². The average molecular weight is 282 g/mol. The number of rotatable bonds is 4. The second-order valence-electron chi connectivity index (χ2n) is 7.55. The lowest BCUT2D eigenvalue weighted by Crippen LogP contribution is -2.60. The van der Waals surface area contributed by atoms with Crippen LogP contribution in [0.15, 0.2) is 0 Å². The molecule has 3 heteroatoms. The van der Waals surface area contributed by atoms with E-state index >= 15 is 0 Å². The number of hydrogen-bond donors (Lipinski definition) is 1. The van der Waals surface area contributed by atoms with Crippen LogP contribution in [0.1, 0.15) is 59.8 Å². The van der Waals surface area contributed by atoms with Gasteiger partial charge in [-0.25, -0.2) is 0 Å². The topological polar surface area (TPSA) is 24.5 Å². The van der Waals surface area contributed by atoms with Gasteiger partial charge in [0.05, 0.1) is 11.7 Å². The van der Waals surface area contributed by atoms with Crippen molar-refractivity contribution in [2.24, 2.45) is 5.92 Å². The summed E-state index contributed by atoms with van der Waals surface area (Å²) in [5, 5.41) is 3.57. The predicted octanol–water partition coefficient (Wildman–Crippen LogP) is 3.04. The van der Waals surface area contributed by atoms with Gasteiger partial charge in [0, 0.05) is 25.2 Å². The van der Waals surface area contributed by atoms with Gasteiger partial charge in [-0.3, -0.25) is 4.90 Å². The van der Waals surface area contributed by atoms with Crippen molar-refractivity contribution in [3.8, 4) is 0 Å². The maximum atomic E-state index is 6.08. The van der Waals surface area contributed by atoms with Crippen LogP contribution in [0.25, 0.3) is 0 Å². The smallest absolute Gasteiger partial charge is 0.0757 e. The van der Waals surface area contributed by atoms with E-state index in [4.69, 9.17) is 4.74 Å². The molecule has 0 spiro atoms. The zero-order valence-corrected chi connectivity index (χ0v) is 14.1. The highest BCUT2D eigenvalue weighted by Crippen LogP contribution is 2.33. The minimum atomic E-state index is -0.00629. The molecule has 4 unspecified atom stereocenters. The van der Waals surface area contributed by atoms with E-state index < -0.39 is 0 Å². The molecule has 0 amide bonds. The summed E-state index contributed by atoms with van der Waals surface area (Å²) in [4.78, 5) is 2.71. The minimum absolute atomic E-state index is 0.00629. The molecule has 0 radical (unpaired) electrons. The average Bonchev–Trinajstić information content (AvgIpc) is 2.36. The fourth-order valence-electron chi connectivity index (χ4n) is 4.40. The molecule has 20 heavy (non-hydrogen) atoms. The first-order chi connectivity index (χ1) is 9.45. The molecule has 1 aliphatic heterocycles. The van der Waals surface area contributed by atoms with Crippen molar-refractivity contribution in [3.63, 3.8) is 0 Å². The van der Waals surface area contributed by atoms with Crippen molar-refractivity contribution >= 4 is 0 Å². The zero-order chi connectivity index (χ0) is 14.8. The first kappa shape index (κ1) is 16.3. The molecule has 1 saturated heterocycles. The van der Waals surface area contributed by atoms with Crippen LogP contribution in [0.4, 0.5) is 0 Å². The largest absolute Gasteiger partial charge is 0.370 e. The maximum absolute atomic E-state index is 6.08. The van der Waals surface area contributed by atoms with Crippen LogP contribution in [0.3, 0.4) is 0 Å². The lowest BCUT2D eigenvalue weighted by atomic mass is 9.79. The SMILES string of the molecule is CCCC1CCC(NC)C(N2CC(C)OC(C)(C)C2)C1. The molecule has 2 aliphatic rings. The summed E-state index contributed by atoms with van der Waals surface area (Å²) in [6, 6.07) is 1.35. The lowest BCUT2D eigenvalue weighted by molar-refractivity contribution is -0.144. The van der Waals surface area contributed by atoms with Gasteiger partial charge in [-0.15, -0.1) is 0 Å². The Morgan fingerprint density at radius 3 is 2.65 bits per heavy atom. The molecular weight excluding hydrogens is 248 g/mol. The molecule has 1 aliphatic carbocycles. The molecule has 0 bridgehead atoms. The second kappa shape index (κ2) is 6.76. The van der Waals surface area contributed by atoms with Gasteiger partial charge in [0.15, 0.2) is 0 Å². The first-order valence-electron chi connectivity index (χ1n) is 8.54. The summed E-state index contributed by atoms with van der Waals surface area (Å²) in [6.45, 7) is 11.2. The number of hydrogen-bond acceptors (Lipinski definition) is 3. The number of likely N-dealkylation sites (N-methyl/N-ethyl adjacent to an activating group) is 1. The molecular formula is C17H34N2O. The van der Waals surface area contributed by atoms with Crippen molar-refractivity contribution in [2.75, 3.05) is 20.1 Å². The second-order valence-corrected chi connectivity index (χ2v) is 7.55. The zero-order valence-electron chi connectivity index (χ0n) is 14.1. The van der Waals surface area contributed by atoms with E-state index in [1.165, 1.54) is 32.1 Å². The van der Waals surface area contributed by atoms with Crippen molar-refractivity contribution < 1.29 is 4.74 Å². The standard InChI is InChI=1S/C17H34N2O/c1-6-7-14-8-9-15(18-5)16(10-14)19-11-13(2)20-17(3,4)12-19/h13-16,18H,6-12H2,1-5H3. The van der Waals surface area contributed by atoms with E-state index in [-0.39, 0.29) is 5.60 Å². The van der Waals surface area contributed by atoms with Crippen molar-refractivity contribution in [1.82, 2.24) is 10.2 Å². The summed E-state index contributed by atoms with van der Waals surface area (Å²) >= 11 is 0. The van der Waals surface area contributed by atoms with Gasteiger partial charge in [-0.1, -0.05) is 19.8 Å². The monoisotopic (exact) mass is 282 g/mol. The predicted molar refractivity (Wildman–Crippen MR) is 85.1 cm³/mol. The van der Waals surface area contributed by atoms with Crippen molar-refractivity contribution in [1.29, 1.82) is 0 Å². The van der Waals surface area contributed by atoms with Gasteiger partial charge < -0.3 is 10.1 Å². The fourth-order valence-corrected chi connectivity index (χ4v) is 4.40. The van der Waals surface area contributed by atoms with Crippen LogP contribution in [0.2, 0.25) is 0 Å². The van der Waals surface area contributed by atoms with E-state index in [1.54, 1.807) is 0 Å². The van der Waals surface area contributed by atoms with Gasteiger partial charge >= 0.3 is 0 Å². The Bertz CT molecular complexity index is 305. The van der Waals surface area contributed by atoms with Gasteiger partial charge in [0.2, 0.25) is 0 Å². The number of ether oxygens (including phenoxy) is 1. The minimum Gasteiger partial charge on any atom is -0.370 e. The Morgan fingerprint density at radius 1 is 1.30 bits per heavy atom. The van der Waals surface area contributed by atoms with Crippen LogP contribution >= 0.6 is 0 Å². The molecule has 0 aromatic rings. The molecule has 0 aromatic heterocycles. The Hall–Kier alpha value is -0.120. The number of nitrogens with one attached hydrogen (secondary N) is 1. The highest BCUT2D eigenvalue weighted by Gasteiger charge is 2.39. The van der Waals surface area contributed by atoms with Crippen LogP contribution in [-0.2, 0) is 4.74 Å². The molecule has 4 atom stereocenters. The molecule has 1 heterocycles. The Morgan fingerprint density at radius 2 is 2.05 bits per heavy atom. The molecule has 0 aromatic carbocycles. The highest BCUT2D eigenvalue weighted by molar-refractivity contribution is 4.95. The molecule has 3 nitrogen and oxygen atoms in total. The summed E-state index contributed by atoms with van der Waals surface area (Å²) in [6.07, 6.45) is 7.17. The summed E-state index contributed by atoms with van der Waals surface area (Å²) in [7, 11) is 2.13. The van der Waals surface area contributed by atoms with E-state index in [1.807, 2.05) is 0 Å². The lowest BCUT2D eigenvalue weighted by Gasteiger charge is -2.49. The van der Waals surface area contributed by atoms with Crippen LogP contribution in [0, 0.1) is 5.92 Å². The van der Waals surface area contributed by atoms with Crippen LogP contribution in [-0.4, -0.2) is 48.8 Å². The Kier molecular flexibility index (Phi) is 5.49. The first-order valence-corrected chi connectivity index (χ1v) is 8.54. The molecule has 2 rings (SSSR count). The molecule has 1 saturated carbocycles. The Balaban J connectivity index is 2.05. The van der Waals surface area contributed by atoms with E-state index in [2.05, 4.69) is 45.0 Å². The number of nitrogens with zero attached hydrogens (tertiary/aromatic N) is 1. The maximum Gasteiger partial charge on any atom is 0.0757 e. The van der Waals surface area contributed by atoms with Gasteiger partial charge in [-0.05, 0) is 53.0 Å².